The molecule has 4 N–H and O–H groups in total. The number of rotatable bonds is 7. The number of likely N-dealkylation sites (tertiary alicyclic amines) is 1. The summed E-state index contributed by atoms with van der Waals surface area (Å²) in [5.41, 5.74) is 6.40. The van der Waals surface area contributed by atoms with Crippen LogP contribution in [-0.2, 0) is 14.3 Å². The highest BCUT2D eigenvalue weighted by Crippen LogP contribution is 2.15. The highest BCUT2D eigenvalue weighted by Gasteiger charge is 2.24. The first-order valence-electron chi connectivity index (χ1n) is 9.28. The molecule has 1 aromatic rings. The minimum atomic E-state index is -0.302. The Morgan fingerprint density at radius 1 is 1.21 bits per heavy atom. The van der Waals surface area contributed by atoms with E-state index in [0.717, 1.165) is 0 Å². The van der Waals surface area contributed by atoms with Gasteiger partial charge in [-0.1, -0.05) is 24.2 Å². The lowest BCUT2D eigenvalue weighted by atomic mass is 10.1. The van der Waals surface area contributed by atoms with Gasteiger partial charge in [-0.05, 0) is 12.1 Å². The van der Waals surface area contributed by atoms with E-state index in [9.17, 15) is 14.4 Å². The number of ether oxygens (including phenoxy) is 1. The van der Waals surface area contributed by atoms with E-state index in [1.54, 1.807) is 36.1 Å². The van der Waals surface area contributed by atoms with E-state index in [0.29, 0.717) is 43.5 Å². The summed E-state index contributed by atoms with van der Waals surface area (Å²) in [6.45, 7) is 3.07. The van der Waals surface area contributed by atoms with Gasteiger partial charge in [-0.25, -0.2) is 0 Å². The van der Waals surface area contributed by atoms with Crippen LogP contribution in [0.3, 0.4) is 0 Å². The molecule has 0 saturated carbocycles. The number of carbonyl (C=O) groups excluding carboxylic acids is 3. The minimum Gasteiger partial charge on any atom is -0.462 e. The van der Waals surface area contributed by atoms with Crippen molar-refractivity contribution in [3.8, 4) is 0 Å². The predicted molar refractivity (Wildman–Crippen MR) is 102 cm³/mol. The molecule has 1 saturated heterocycles. The molecule has 152 valence electrons. The molecule has 0 aliphatic carbocycles. The number of amidine groups is 1. The molecule has 0 radical (unpaired) electrons. The number of oxime groups is 1. The zero-order chi connectivity index (χ0) is 20.5. The molecular weight excluding hydrogens is 364 g/mol. The Hall–Kier alpha value is -3.10. The van der Waals surface area contributed by atoms with Crippen molar-refractivity contribution in [3.63, 3.8) is 0 Å². The zero-order valence-electron chi connectivity index (χ0n) is 15.9. The molecular formula is C19H26N4O5. The largest absolute Gasteiger partial charge is 0.462 e. The number of hydrogen-bond acceptors (Lipinski definition) is 6. The normalized spacial score (nSPS) is 15.2. The predicted octanol–water partition coefficient (Wildman–Crippen LogP) is 0.845. The molecule has 1 aromatic carbocycles. The van der Waals surface area contributed by atoms with Crippen LogP contribution in [0.2, 0.25) is 0 Å². The van der Waals surface area contributed by atoms with Gasteiger partial charge >= 0.3 is 5.97 Å². The van der Waals surface area contributed by atoms with Crippen LogP contribution in [0.1, 0.15) is 48.5 Å². The lowest BCUT2D eigenvalue weighted by molar-refractivity contribution is -0.151. The van der Waals surface area contributed by atoms with Crippen molar-refractivity contribution in [1.82, 2.24) is 10.2 Å². The molecule has 0 spiro atoms. The number of benzene rings is 1. The Morgan fingerprint density at radius 2 is 1.82 bits per heavy atom. The van der Waals surface area contributed by atoms with Gasteiger partial charge in [-0.15, -0.1) is 0 Å². The third-order valence-corrected chi connectivity index (χ3v) is 4.56. The van der Waals surface area contributed by atoms with E-state index in [4.69, 9.17) is 15.7 Å². The van der Waals surface area contributed by atoms with Gasteiger partial charge < -0.3 is 25.9 Å². The molecule has 1 heterocycles. The second kappa shape index (κ2) is 10.3. The van der Waals surface area contributed by atoms with E-state index in [-0.39, 0.29) is 42.7 Å². The summed E-state index contributed by atoms with van der Waals surface area (Å²) in [7, 11) is 0. The van der Waals surface area contributed by atoms with Crippen molar-refractivity contribution in [2.75, 3.05) is 19.6 Å². The quantitative estimate of drug-likeness (QED) is 0.208. The van der Waals surface area contributed by atoms with Crippen LogP contribution in [0.5, 0.6) is 0 Å². The first-order valence-corrected chi connectivity index (χ1v) is 9.28. The van der Waals surface area contributed by atoms with Crippen molar-refractivity contribution >= 4 is 23.6 Å². The van der Waals surface area contributed by atoms with Gasteiger partial charge in [0.15, 0.2) is 5.84 Å². The zero-order valence-corrected chi connectivity index (χ0v) is 15.9. The summed E-state index contributed by atoms with van der Waals surface area (Å²) in [4.78, 5) is 37.5. The van der Waals surface area contributed by atoms with Gasteiger partial charge in [0, 0.05) is 56.4 Å². The van der Waals surface area contributed by atoms with E-state index in [2.05, 4.69) is 10.5 Å². The Kier molecular flexibility index (Phi) is 7.79. The van der Waals surface area contributed by atoms with Crippen molar-refractivity contribution in [1.29, 1.82) is 0 Å². The minimum absolute atomic E-state index is 0.0363. The van der Waals surface area contributed by atoms with Crippen LogP contribution < -0.4 is 11.1 Å². The van der Waals surface area contributed by atoms with E-state index in [1.165, 1.54) is 0 Å². The number of piperidine rings is 1. The molecule has 2 rings (SSSR count). The van der Waals surface area contributed by atoms with Gasteiger partial charge in [0.05, 0.1) is 0 Å². The first-order chi connectivity index (χ1) is 13.4. The molecule has 9 nitrogen and oxygen atoms in total. The second-order valence-electron chi connectivity index (χ2n) is 6.49. The van der Waals surface area contributed by atoms with Crippen LogP contribution in [0.15, 0.2) is 29.4 Å². The monoisotopic (exact) mass is 390 g/mol. The van der Waals surface area contributed by atoms with Crippen molar-refractivity contribution < 1.29 is 24.3 Å². The van der Waals surface area contributed by atoms with Crippen LogP contribution in [0, 0.1) is 0 Å². The van der Waals surface area contributed by atoms with Crippen LogP contribution >= 0.6 is 0 Å². The number of amides is 2. The standard InChI is InChI=1S/C19H26N4O5/c1-2-17(25)28-15-8-11-23(12-9-15)16(24)7-10-21-19(26)14-5-3-13(4-6-14)18(20)22-27/h3-6,15,27H,2,7-12H2,1H3,(H2,20,22)(H,21,26). The average Bonchev–Trinajstić information content (AvgIpc) is 2.73. The fraction of sp³-hybridized carbons (Fsp3) is 0.474. The Labute approximate surface area is 163 Å². The Morgan fingerprint density at radius 3 is 2.39 bits per heavy atom. The van der Waals surface area contributed by atoms with Crippen molar-refractivity contribution in [3.05, 3.63) is 35.4 Å². The van der Waals surface area contributed by atoms with Gasteiger partial charge in [0.1, 0.15) is 6.10 Å². The molecule has 1 aliphatic heterocycles. The number of esters is 1. The summed E-state index contributed by atoms with van der Waals surface area (Å²) in [5, 5.41) is 14.2. The molecule has 2 amide bonds. The topological polar surface area (TPSA) is 134 Å². The number of nitrogens with zero attached hydrogens (tertiary/aromatic N) is 2. The number of carbonyl (C=O) groups is 3. The van der Waals surface area contributed by atoms with Gasteiger partial charge in [-0.2, -0.15) is 0 Å². The SMILES string of the molecule is CCC(=O)OC1CCN(C(=O)CCNC(=O)c2ccc(C(N)=NO)cc2)CC1. The number of hydrogen-bond donors (Lipinski definition) is 3. The van der Waals surface area contributed by atoms with Crippen LogP contribution in [0.4, 0.5) is 0 Å². The third-order valence-electron chi connectivity index (χ3n) is 4.56. The Balaban J connectivity index is 1.72. The fourth-order valence-corrected chi connectivity index (χ4v) is 2.89. The van der Waals surface area contributed by atoms with E-state index < -0.39 is 0 Å². The van der Waals surface area contributed by atoms with E-state index in [1.807, 2.05) is 0 Å². The molecule has 0 atom stereocenters. The molecule has 0 bridgehead atoms. The molecule has 1 aliphatic rings. The van der Waals surface area contributed by atoms with Crippen LogP contribution in [-0.4, -0.2) is 59.5 Å². The molecule has 9 heteroatoms. The molecule has 0 unspecified atom stereocenters. The van der Waals surface area contributed by atoms with E-state index >= 15 is 0 Å². The summed E-state index contributed by atoms with van der Waals surface area (Å²) in [6, 6.07) is 6.27. The fourth-order valence-electron chi connectivity index (χ4n) is 2.89. The lowest BCUT2D eigenvalue weighted by Crippen LogP contribution is -2.42. The maximum Gasteiger partial charge on any atom is 0.305 e. The maximum atomic E-state index is 12.3. The van der Waals surface area contributed by atoms with Crippen molar-refractivity contribution in [2.45, 2.75) is 38.7 Å². The summed E-state index contributed by atoms with van der Waals surface area (Å²) < 4.78 is 5.30. The third kappa shape index (κ3) is 5.97. The molecule has 28 heavy (non-hydrogen) atoms. The smallest absolute Gasteiger partial charge is 0.305 e. The highest BCUT2D eigenvalue weighted by atomic mass is 16.5. The summed E-state index contributed by atoms with van der Waals surface area (Å²) in [5.74, 6) is -0.593. The van der Waals surface area contributed by atoms with Gasteiger partial charge in [-0.3, -0.25) is 14.4 Å². The number of nitrogens with one attached hydrogen (secondary N) is 1. The summed E-state index contributed by atoms with van der Waals surface area (Å²) >= 11 is 0. The summed E-state index contributed by atoms with van der Waals surface area (Å²) in [6.07, 6.45) is 1.70. The first kappa shape index (κ1) is 21.2. The average molecular weight is 390 g/mol. The molecule has 1 fully saturated rings. The lowest BCUT2D eigenvalue weighted by Gasteiger charge is -2.31. The number of nitrogens with two attached hydrogens (primary N) is 1. The van der Waals surface area contributed by atoms with Crippen LogP contribution in [0.25, 0.3) is 0 Å². The van der Waals surface area contributed by atoms with Crippen molar-refractivity contribution in [2.24, 2.45) is 10.9 Å². The van der Waals surface area contributed by atoms with Gasteiger partial charge in [0.25, 0.3) is 5.91 Å². The second-order valence-corrected chi connectivity index (χ2v) is 6.49. The Bertz CT molecular complexity index is 724. The highest BCUT2D eigenvalue weighted by molar-refractivity contribution is 5.99. The maximum absolute atomic E-state index is 12.3. The molecule has 0 aromatic heterocycles. The van der Waals surface area contributed by atoms with Gasteiger partial charge in [0.2, 0.25) is 5.91 Å².